The molecule has 1 aliphatic heterocycles. The number of aromatic nitrogens is 4. The van der Waals surface area contributed by atoms with E-state index in [4.69, 9.17) is 11.6 Å². The fourth-order valence-electron chi connectivity index (χ4n) is 2.09. The lowest BCUT2D eigenvalue weighted by molar-refractivity contribution is 0.865. The van der Waals surface area contributed by atoms with Crippen LogP contribution in [0.4, 0.5) is 5.95 Å². The van der Waals surface area contributed by atoms with Crippen LogP contribution in [0.15, 0.2) is 0 Å². The first kappa shape index (κ1) is 10.8. The summed E-state index contributed by atoms with van der Waals surface area (Å²) in [6.45, 7) is 5.92. The molecule has 1 aliphatic rings. The van der Waals surface area contributed by atoms with Gasteiger partial charge in [-0.15, -0.1) is 5.10 Å². The lowest BCUT2D eigenvalue weighted by atomic mass is 10.3. The Hall–Kier alpha value is -1.36. The predicted molar refractivity (Wildman–Crippen MR) is 66.7 cm³/mol. The summed E-state index contributed by atoms with van der Waals surface area (Å²) >= 11 is 6.25. The van der Waals surface area contributed by atoms with Crippen molar-refractivity contribution in [3.63, 3.8) is 0 Å². The van der Waals surface area contributed by atoms with Gasteiger partial charge in [0, 0.05) is 24.3 Å². The first-order chi connectivity index (χ1) is 8.16. The van der Waals surface area contributed by atoms with Gasteiger partial charge in [-0.05, 0) is 26.7 Å². The molecule has 2 aromatic heterocycles. The molecule has 0 amide bonds. The summed E-state index contributed by atoms with van der Waals surface area (Å²) in [5, 5.41) is 5.04. The number of aryl methyl sites for hydroxylation is 1. The molecule has 3 heterocycles. The van der Waals surface area contributed by atoms with E-state index in [1.165, 1.54) is 12.8 Å². The van der Waals surface area contributed by atoms with E-state index in [1.807, 2.05) is 13.8 Å². The predicted octanol–water partition coefficient (Wildman–Crippen LogP) is 1.99. The first-order valence-corrected chi connectivity index (χ1v) is 6.19. The van der Waals surface area contributed by atoms with Crippen molar-refractivity contribution in [1.29, 1.82) is 0 Å². The van der Waals surface area contributed by atoms with Crippen LogP contribution in [0.5, 0.6) is 0 Å². The lowest BCUT2D eigenvalue weighted by Crippen LogP contribution is -2.19. The molecule has 90 valence electrons. The Morgan fingerprint density at radius 2 is 1.82 bits per heavy atom. The van der Waals surface area contributed by atoms with Gasteiger partial charge >= 0.3 is 0 Å². The molecule has 0 radical (unpaired) electrons. The highest BCUT2D eigenvalue weighted by atomic mass is 35.5. The van der Waals surface area contributed by atoms with E-state index in [0.29, 0.717) is 10.9 Å². The number of rotatable bonds is 1. The van der Waals surface area contributed by atoms with Crippen molar-refractivity contribution in [3.8, 4) is 0 Å². The average molecular weight is 252 g/mol. The highest BCUT2D eigenvalue weighted by molar-refractivity contribution is 6.30. The summed E-state index contributed by atoms with van der Waals surface area (Å²) < 4.78 is 1.62. The van der Waals surface area contributed by atoms with Crippen LogP contribution in [0.2, 0.25) is 5.15 Å². The van der Waals surface area contributed by atoms with Crippen molar-refractivity contribution < 1.29 is 0 Å². The second kappa shape index (κ2) is 3.84. The quantitative estimate of drug-likeness (QED) is 0.728. The van der Waals surface area contributed by atoms with Crippen LogP contribution < -0.4 is 4.90 Å². The second-order valence-electron chi connectivity index (χ2n) is 4.43. The molecular formula is C11H14ClN5. The van der Waals surface area contributed by atoms with E-state index < -0.39 is 0 Å². The monoisotopic (exact) mass is 251 g/mol. The van der Waals surface area contributed by atoms with Gasteiger partial charge in [-0.3, -0.25) is 0 Å². The number of hydrogen-bond donors (Lipinski definition) is 0. The highest BCUT2D eigenvalue weighted by Crippen LogP contribution is 2.21. The van der Waals surface area contributed by atoms with Gasteiger partial charge in [-0.25, -0.2) is 4.98 Å². The van der Waals surface area contributed by atoms with Crippen molar-refractivity contribution in [3.05, 3.63) is 16.4 Å². The molecule has 1 saturated heterocycles. The number of halogens is 1. The van der Waals surface area contributed by atoms with E-state index in [0.717, 1.165) is 30.3 Å². The molecule has 5 nitrogen and oxygen atoms in total. The standard InChI is InChI=1S/C11H14ClN5/c1-7-8(2)13-10-14-11(15-17(10)9(7)12)16-5-3-4-6-16/h3-6H2,1-2H3. The number of fused-ring (bicyclic) bond motifs is 1. The molecule has 0 unspecified atom stereocenters. The minimum atomic E-state index is 0.583. The SMILES string of the molecule is Cc1nc2nc(N3CCCC3)nn2c(Cl)c1C. The van der Waals surface area contributed by atoms with Crippen molar-refractivity contribution in [2.45, 2.75) is 26.7 Å². The average Bonchev–Trinajstić information content (AvgIpc) is 2.93. The summed E-state index contributed by atoms with van der Waals surface area (Å²) in [7, 11) is 0. The zero-order valence-corrected chi connectivity index (χ0v) is 10.7. The van der Waals surface area contributed by atoms with Crippen LogP contribution in [-0.4, -0.2) is 32.7 Å². The van der Waals surface area contributed by atoms with Gasteiger partial charge in [-0.2, -0.15) is 9.50 Å². The van der Waals surface area contributed by atoms with Crippen LogP contribution >= 0.6 is 11.6 Å². The molecule has 0 bridgehead atoms. The molecule has 0 N–H and O–H groups in total. The summed E-state index contributed by atoms with van der Waals surface area (Å²) in [5.74, 6) is 1.32. The Morgan fingerprint density at radius 3 is 2.53 bits per heavy atom. The maximum absolute atomic E-state index is 6.25. The molecule has 0 spiro atoms. The molecule has 0 aliphatic carbocycles. The summed E-state index contributed by atoms with van der Waals surface area (Å²) in [4.78, 5) is 11.0. The number of hydrogen-bond acceptors (Lipinski definition) is 4. The highest BCUT2D eigenvalue weighted by Gasteiger charge is 2.19. The topological polar surface area (TPSA) is 46.3 Å². The maximum Gasteiger partial charge on any atom is 0.255 e. The van der Waals surface area contributed by atoms with Crippen LogP contribution in [0.25, 0.3) is 5.78 Å². The fourth-order valence-corrected chi connectivity index (χ4v) is 2.34. The fraction of sp³-hybridized carbons (Fsp3) is 0.545. The Labute approximate surface area is 104 Å². The number of anilines is 1. The van der Waals surface area contributed by atoms with Gasteiger partial charge in [0.2, 0.25) is 5.95 Å². The molecular weight excluding hydrogens is 238 g/mol. The van der Waals surface area contributed by atoms with Crippen molar-refractivity contribution in [2.24, 2.45) is 0 Å². The summed E-state index contributed by atoms with van der Waals surface area (Å²) in [5.41, 5.74) is 1.86. The normalized spacial score (nSPS) is 16.1. The van der Waals surface area contributed by atoms with Crippen molar-refractivity contribution in [1.82, 2.24) is 19.6 Å². The van der Waals surface area contributed by atoms with E-state index in [-0.39, 0.29) is 0 Å². The van der Waals surface area contributed by atoms with Gasteiger partial charge in [0.25, 0.3) is 5.78 Å². The van der Waals surface area contributed by atoms with Crippen LogP contribution in [0.1, 0.15) is 24.1 Å². The van der Waals surface area contributed by atoms with Gasteiger partial charge in [-0.1, -0.05) is 11.6 Å². The van der Waals surface area contributed by atoms with Crippen molar-refractivity contribution >= 4 is 23.3 Å². The molecule has 6 heteroatoms. The second-order valence-corrected chi connectivity index (χ2v) is 4.79. The van der Waals surface area contributed by atoms with Crippen LogP contribution in [0.3, 0.4) is 0 Å². The minimum absolute atomic E-state index is 0.583. The smallest absolute Gasteiger partial charge is 0.255 e. The Bertz CT molecular complexity index is 571. The Kier molecular flexibility index (Phi) is 2.43. The molecule has 0 atom stereocenters. The third kappa shape index (κ3) is 1.65. The van der Waals surface area contributed by atoms with Crippen molar-refractivity contribution in [2.75, 3.05) is 18.0 Å². The molecule has 1 fully saturated rings. The summed E-state index contributed by atoms with van der Waals surface area (Å²) in [6, 6.07) is 0. The zero-order chi connectivity index (χ0) is 12.0. The molecule has 0 aromatic carbocycles. The van der Waals surface area contributed by atoms with Gasteiger partial charge in [0.1, 0.15) is 5.15 Å². The first-order valence-electron chi connectivity index (χ1n) is 5.81. The van der Waals surface area contributed by atoms with E-state index >= 15 is 0 Å². The molecule has 0 saturated carbocycles. The van der Waals surface area contributed by atoms with E-state index in [2.05, 4.69) is 20.0 Å². The third-order valence-corrected chi connectivity index (χ3v) is 3.72. The molecule has 17 heavy (non-hydrogen) atoms. The van der Waals surface area contributed by atoms with Gasteiger partial charge in [0.05, 0.1) is 0 Å². The summed E-state index contributed by atoms with van der Waals surface area (Å²) in [6.07, 6.45) is 2.41. The Morgan fingerprint density at radius 1 is 1.12 bits per heavy atom. The maximum atomic E-state index is 6.25. The third-order valence-electron chi connectivity index (χ3n) is 3.27. The van der Waals surface area contributed by atoms with Gasteiger partial charge < -0.3 is 4.90 Å². The minimum Gasteiger partial charge on any atom is -0.339 e. The van der Waals surface area contributed by atoms with E-state index in [9.17, 15) is 0 Å². The van der Waals surface area contributed by atoms with Crippen LogP contribution in [-0.2, 0) is 0 Å². The van der Waals surface area contributed by atoms with Crippen LogP contribution in [0, 0.1) is 13.8 Å². The lowest BCUT2D eigenvalue weighted by Gasteiger charge is -2.10. The molecule has 2 aromatic rings. The zero-order valence-electron chi connectivity index (χ0n) is 9.94. The van der Waals surface area contributed by atoms with E-state index in [1.54, 1.807) is 4.52 Å². The number of nitrogens with zero attached hydrogens (tertiary/aromatic N) is 5. The van der Waals surface area contributed by atoms with Gasteiger partial charge in [0.15, 0.2) is 0 Å². The largest absolute Gasteiger partial charge is 0.339 e. The Balaban J connectivity index is 2.15. The molecule has 3 rings (SSSR count).